The van der Waals surface area contributed by atoms with Gasteiger partial charge in [-0.3, -0.25) is 4.79 Å². The van der Waals surface area contributed by atoms with Crippen LogP contribution in [-0.2, 0) is 24.3 Å². The van der Waals surface area contributed by atoms with Crippen molar-refractivity contribution in [3.63, 3.8) is 0 Å². The highest BCUT2D eigenvalue weighted by Gasteiger charge is 2.04. The first kappa shape index (κ1) is 12.8. The molecule has 0 bridgehead atoms. The standard InChI is InChI=1S/C12H15N3O2S/c16-12(17)7-10-1-2-11(18-10)8-13-3-5-15-6-4-14-9-15/h1-2,4,6,9,13H,3,5,7-8H2,(H,16,17). The van der Waals surface area contributed by atoms with E-state index in [2.05, 4.69) is 10.3 Å². The Balaban J connectivity index is 1.70. The van der Waals surface area contributed by atoms with Crippen LogP contribution < -0.4 is 5.32 Å². The van der Waals surface area contributed by atoms with Gasteiger partial charge in [0.1, 0.15) is 0 Å². The minimum Gasteiger partial charge on any atom is -0.481 e. The molecular weight excluding hydrogens is 250 g/mol. The fourth-order valence-corrected chi connectivity index (χ4v) is 2.58. The van der Waals surface area contributed by atoms with Crippen LogP contribution in [0.4, 0.5) is 0 Å². The molecule has 5 nitrogen and oxygen atoms in total. The first-order valence-corrected chi connectivity index (χ1v) is 6.51. The zero-order chi connectivity index (χ0) is 12.8. The summed E-state index contributed by atoms with van der Waals surface area (Å²) in [5.74, 6) is -0.781. The normalized spacial score (nSPS) is 10.7. The number of hydrogen-bond acceptors (Lipinski definition) is 4. The second-order valence-corrected chi connectivity index (χ2v) is 5.17. The Morgan fingerprint density at radius 3 is 3.00 bits per heavy atom. The van der Waals surface area contributed by atoms with Crippen LogP contribution in [0.15, 0.2) is 30.9 Å². The van der Waals surface area contributed by atoms with Gasteiger partial charge in [-0.25, -0.2) is 4.98 Å². The molecule has 96 valence electrons. The van der Waals surface area contributed by atoms with Crippen LogP contribution in [-0.4, -0.2) is 27.2 Å². The van der Waals surface area contributed by atoms with Crippen LogP contribution >= 0.6 is 11.3 Å². The molecule has 18 heavy (non-hydrogen) atoms. The number of carbonyl (C=O) groups is 1. The summed E-state index contributed by atoms with van der Waals surface area (Å²) in [6.45, 7) is 2.52. The van der Waals surface area contributed by atoms with Crippen LogP contribution in [0.25, 0.3) is 0 Å². The Labute approximate surface area is 109 Å². The van der Waals surface area contributed by atoms with Gasteiger partial charge in [-0.05, 0) is 12.1 Å². The molecule has 0 aliphatic heterocycles. The lowest BCUT2D eigenvalue weighted by Crippen LogP contribution is -2.18. The molecule has 0 atom stereocenters. The van der Waals surface area contributed by atoms with Gasteiger partial charge in [0.05, 0.1) is 12.7 Å². The number of aromatic nitrogens is 2. The minimum absolute atomic E-state index is 0.111. The number of aliphatic carboxylic acids is 1. The van der Waals surface area contributed by atoms with Crippen molar-refractivity contribution in [2.24, 2.45) is 0 Å². The molecule has 0 saturated heterocycles. The highest BCUT2D eigenvalue weighted by Crippen LogP contribution is 2.16. The SMILES string of the molecule is O=C(O)Cc1ccc(CNCCn2ccnc2)s1. The number of nitrogens with one attached hydrogen (secondary N) is 1. The lowest BCUT2D eigenvalue weighted by Gasteiger charge is -2.03. The summed E-state index contributed by atoms with van der Waals surface area (Å²) < 4.78 is 2.01. The maximum Gasteiger partial charge on any atom is 0.308 e. The van der Waals surface area contributed by atoms with Crippen molar-refractivity contribution in [1.29, 1.82) is 0 Å². The third-order valence-corrected chi connectivity index (χ3v) is 3.53. The number of hydrogen-bond donors (Lipinski definition) is 2. The van der Waals surface area contributed by atoms with Gasteiger partial charge < -0.3 is 15.0 Å². The average molecular weight is 265 g/mol. The molecule has 0 aliphatic rings. The molecule has 2 aromatic rings. The van der Waals surface area contributed by atoms with Crippen molar-refractivity contribution in [2.45, 2.75) is 19.5 Å². The minimum atomic E-state index is -0.781. The van der Waals surface area contributed by atoms with Crippen molar-refractivity contribution >= 4 is 17.3 Å². The monoisotopic (exact) mass is 265 g/mol. The van der Waals surface area contributed by atoms with Gasteiger partial charge in [-0.1, -0.05) is 0 Å². The second kappa shape index (κ2) is 6.32. The third-order valence-electron chi connectivity index (χ3n) is 2.45. The van der Waals surface area contributed by atoms with E-state index in [0.717, 1.165) is 29.4 Å². The number of nitrogens with zero attached hydrogens (tertiary/aromatic N) is 2. The van der Waals surface area contributed by atoms with Crippen LogP contribution in [0, 0.1) is 0 Å². The maximum absolute atomic E-state index is 10.6. The number of imidazole rings is 1. The zero-order valence-electron chi connectivity index (χ0n) is 9.87. The van der Waals surface area contributed by atoms with Gasteiger partial charge in [0.25, 0.3) is 0 Å². The lowest BCUT2D eigenvalue weighted by molar-refractivity contribution is -0.136. The largest absolute Gasteiger partial charge is 0.481 e. The van der Waals surface area contributed by atoms with Crippen molar-refractivity contribution in [1.82, 2.24) is 14.9 Å². The molecule has 0 aromatic carbocycles. The summed E-state index contributed by atoms with van der Waals surface area (Å²) in [5.41, 5.74) is 0. The molecule has 0 aliphatic carbocycles. The summed E-state index contributed by atoms with van der Waals surface area (Å²) in [5, 5.41) is 12.0. The van der Waals surface area contributed by atoms with Crippen molar-refractivity contribution in [3.8, 4) is 0 Å². The van der Waals surface area contributed by atoms with E-state index in [1.165, 1.54) is 0 Å². The molecule has 0 saturated carbocycles. The average Bonchev–Trinajstić information content (AvgIpc) is 2.95. The Hall–Kier alpha value is -1.66. The Bertz CT molecular complexity index is 493. The highest BCUT2D eigenvalue weighted by molar-refractivity contribution is 7.12. The van der Waals surface area contributed by atoms with Gasteiger partial charge in [-0.15, -0.1) is 11.3 Å². The predicted molar refractivity (Wildman–Crippen MR) is 69.6 cm³/mol. The first-order valence-electron chi connectivity index (χ1n) is 5.70. The molecule has 0 radical (unpaired) electrons. The van der Waals surface area contributed by atoms with Crippen LogP contribution in [0.3, 0.4) is 0 Å². The quantitative estimate of drug-likeness (QED) is 0.742. The summed E-state index contributed by atoms with van der Waals surface area (Å²) in [7, 11) is 0. The van der Waals surface area contributed by atoms with E-state index in [1.807, 2.05) is 22.9 Å². The van der Waals surface area contributed by atoms with Gasteiger partial charge >= 0.3 is 5.97 Å². The molecular formula is C12H15N3O2S. The number of rotatable bonds is 7. The van der Waals surface area contributed by atoms with Gasteiger partial charge in [0.15, 0.2) is 0 Å². The van der Waals surface area contributed by atoms with E-state index in [-0.39, 0.29) is 6.42 Å². The number of carboxylic acid groups (broad SMARTS) is 1. The molecule has 0 amide bonds. The molecule has 2 aromatic heterocycles. The number of thiophene rings is 1. The van der Waals surface area contributed by atoms with Crippen LogP contribution in [0.5, 0.6) is 0 Å². The van der Waals surface area contributed by atoms with Crippen LogP contribution in [0.2, 0.25) is 0 Å². The molecule has 2 heterocycles. The summed E-state index contributed by atoms with van der Waals surface area (Å²) in [6, 6.07) is 3.86. The second-order valence-electron chi connectivity index (χ2n) is 3.92. The van der Waals surface area contributed by atoms with Gasteiger partial charge in [-0.2, -0.15) is 0 Å². The van der Waals surface area contributed by atoms with E-state index in [9.17, 15) is 4.79 Å². The molecule has 0 spiro atoms. The van der Waals surface area contributed by atoms with Gasteiger partial charge in [0.2, 0.25) is 0 Å². The molecule has 0 fully saturated rings. The van der Waals surface area contributed by atoms with E-state index >= 15 is 0 Å². The Kier molecular flexibility index (Phi) is 4.49. The topological polar surface area (TPSA) is 67.2 Å². The smallest absolute Gasteiger partial charge is 0.308 e. The zero-order valence-corrected chi connectivity index (χ0v) is 10.7. The summed E-state index contributed by atoms with van der Waals surface area (Å²) in [6.07, 6.45) is 5.59. The highest BCUT2D eigenvalue weighted by atomic mass is 32.1. The Morgan fingerprint density at radius 1 is 1.44 bits per heavy atom. The van der Waals surface area contributed by atoms with Crippen molar-refractivity contribution in [3.05, 3.63) is 40.6 Å². The van der Waals surface area contributed by atoms with E-state index in [0.29, 0.717) is 0 Å². The fraction of sp³-hybridized carbons (Fsp3) is 0.333. The first-order chi connectivity index (χ1) is 8.74. The van der Waals surface area contributed by atoms with E-state index < -0.39 is 5.97 Å². The summed E-state index contributed by atoms with van der Waals surface area (Å²) in [4.78, 5) is 16.6. The third kappa shape index (κ3) is 3.97. The Morgan fingerprint density at radius 2 is 2.28 bits per heavy atom. The lowest BCUT2D eigenvalue weighted by atomic mass is 10.3. The molecule has 2 N–H and O–H groups in total. The van der Waals surface area contributed by atoms with Crippen LogP contribution in [0.1, 0.15) is 9.75 Å². The van der Waals surface area contributed by atoms with Crippen molar-refractivity contribution in [2.75, 3.05) is 6.54 Å². The molecule has 0 unspecified atom stereocenters. The number of carboxylic acids is 1. The van der Waals surface area contributed by atoms with E-state index in [1.54, 1.807) is 23.9 Å². The fourth-order valence-electron chi connectivity index (χ4n) is 1.60. The van der Waals surface area contributed by atoms with Gasteiger partial charge in [0, 0.05) is 41.8 Å². The predicted octanol–water partition coefficient (Wildman–Crippen LogP) is 1.36. The van der Waals surface area contributed by atoms with E-state index in [4.69, 9.17) is 5.11 Å². The summed E-state index contributed by atoms with van der Waals surface area (Å²) >= 11 is 1.55. The molecule has 6 heteroatoms. The van der Waals surface area contributed by atoms with Crippen molar-refractivity contribution < 1.29 is 9.90 Å². The molecule has 2 rings (SSSR count). The maximum atomic E-state index is 10.6.